The molecule has 0 spiro atoms. The monoisotopic (exact) mass is 288 g/mol. The molecule has 2 aromatic carbocycles. The van der Waals surface area contributed by atoms with Gasteiger partial charge < -0.3 is 10.6 Å². The SMILES string of the molecule is Cc1ccc(/C(N)=N\OC(=O)c2ccc(Cl)cc2)cc1. The van der Waals surface area contributed by atoms with Gasteiger partial charge in [0.05, 0.1) is 5.56 Å². The van der Waals surface area contributed by atoms with E-state index in [1.807, 2.05) is 31.2 Å². The van der Waals surface area contributed by atoms with Crippen LogP contribution >= 0.6 is 11.6 Å². The third kappa shape index (κ3) is 3.59. The summed E-state index contributed by atoms with van der Waals surface area (Å²) in [6, 6.07) is 13.7. The molecule has 0 bridgehead atoms. The summed E-state index contributed by atoms with van der Waals surface area (Å²) in [5.41, 5.74) is 7.91. The van der Waals surface area contributed by atoms with E-state index in [9.17, 15) is 4.79 Å². The van der Waals surface area contributed by atoms with Crippen LogP contribution in [0, 0.1) is 6.92 Å². The van der Waals surface area contributed by atoms with Crippen LogP contribution in [-0.4, -0.2) is 11.8 Å². The van der Waals surface area contributed by atoms with E-state index < -0.39 is 5.97 Å². The molecule has 0 unspecified atom stereocenters. The number of aryl methyl sites for hydroxylation is 1. The van der Waals surface area contributed by atoms with Crippen molar-refractivity contribution in [2.24, 2.45) is 10.9 Å². The summed E-state index contributed by atoms with van der Waals surface area (Å²) < 4.78 is 0. The molecular formula is C15H13ClN2O2. The van der Waals surface area contributed by atoms with Crippen LogP contribution in [0.5, 0.6) is 0 Å². The molecular weight excluding hydrogens is 276 g/mol. The van der Waals surface area contributed by atoms with Gasteiger partial charge in [0.15, 0.2) is 5.84 Å². The maximum absolute atomic E-state index is 11.7. The van der Waals surface area contributed by atoms with Gasteiger partial charge in [-0.15, -0.1) is 0 Å². The van der Waals surface area contributed by atoms with Crippen molar-refractivity contribution in [1.29, 1.82) is 0 Å². The van der Waals surface area contributed by atoms with Crippen LogP contribution in [0.15, 0.2) is 53.7 Å². The Balaban J connectivity index is 2.06. The highest BCUT2D eigenvalue weighted by Crippen LogP contribution is 2.10. The highest BCUT2D eigenvalue weighted by Gasteiger charge is 2.07. The van der Waals surface area contributed by atoms with Gasteiger partial charge in [-0.1, -0.05) is 46.6 Å². The molecule has 0 aliphatic carbocycles. The number of benzene rings is 2. The Morgan fingerprint density at radius 1 is 1.05 bits per heavy atom. The van der Waals surface area contributed by atoms with Crippen molar-refractivity contribution in [1.82, 2.24) is 0 Å². The molecule has 5 heteroatoms. The molecule has 0 amide bonds. The lowest BCUT2D eigenvalue weighted by molar-refractivity contribution is 0.0516. The molecule has 0 aliphatic rings. The Kier molecular flexibility index (Phi) is 4.38. The van der Waals surface area contributed by atoms with E-state index >= 15 is 0 Å². The van der Waals surface area contributed by atoms with Crippen LogP contribution in [0.3, 0.4) is 0 Å². The molecule has 102 valence electrons. The second-order valence-electron chi connectivity index (χ2n) is 4.23. The quantitative estimate of drug-likeness (QED) is 0.408. The molecule has 0 atom stereocenters. The van der Waals surface area contributed by atoms with Crippen LogP contribution in [0.2, 0.25) is 5.02 Å². The first-order valence-corrected chi connectivity index (χ1v) is 6.31. The first-order valence-electron chi connectivity index (χ1n) is 5.93. The number of carbonyl (C=O) groups excluding carboxylic acids is 1. The molecule has 2 N–H and O–H groups in total. The zero-order valence-electron chi connectivity index (χ0n) is 10.8. The molecule has 2 rings (SSSR count). The lowest BCUT2D eigenvalue weighted by Crippen LogP contribution is -2.15. The molecule has 0 radical (unpaired) electrons. The third-order valence-electron chi connectivity index (χ3n) is 2.65. The second kappa shape index (κ2) is 6.21. The van der Waals surface area contributed by atoms with Crippen molar-refractivity contribution < 1.29 is 9.63 Å². The number of rotatable bonds is 3. The van der Waals surface area contributed by atoms with Gasteiger partial charge in [-0.25, -0.2) is 4.79 Å². The number of nitrogens with zero attached hydrogens (tertiary/aromatic N) is 1. The third-order valence-corrected chi connectivity index (χ3v) is 2.91. The van der Waals surface area contributed by atoms with Crippen molar-refractivity contribution in [2.45, 2.75) is 6.92 Å². The van der Waals surface area contributed by atoms with Crippen LogP contribution < -0.4 is 5.73 Å². The maximum Gasteiger partial charge on any atom is 0.365 e. The van der Waals surface area contributed by atoms with Gasteiger partial charge in [0, 0.05) is 10.6 Å². The van der Waals surface area contributed by atoms with E-state index in [1.54, 1.807) is 24.3 Å². The van der Waals surface area contributed by atoms with Crippen molar-refractivity contribution in [3.63, 3.8) is 0 Å². The Labute approximate surface area is 121 Å². The van der Waals surface area contributed by atoms with Gasteiger partial charge in [0.2, 0.25) is 0 Å². The van der Waals surface area contributed by atoms with E-state index in [0.29, 0.717) is 16.1 Å². The van der Waals surface area contributed by atoms with E-state index in [1.165, 1.54) is 0 Å². The van der Waals surface area contributed by atoms with Gasteiger partial charge in [-0.2, -0.15) is 0 Å². The minimum absolute atomic E-state index is 0.146. The molecule has 0 aromatic heterocycles. The predicted octanol–water partition coefficient (Wildman–Crippen LogP) is 3.13. The number of carbonyl (C=O) groups is 1. The van der Waals surface area contributed by atoms with Gasteiger partial charge in [-0.05, 0) is 31.2 Å². The standard InChI is InChI=1S/C15H13ClN2O2/c1-10-2-4-11(5-3-10)14(17)18-20-15(19)12-6-8-13(16)9-7-12/h2-9H,1H3,(H2,17,18). The zero-order valence-corrected chi connectivity index (χ0v) is 11.6. The summed E-state index contributed by atoms with van der Waals surface area (Å²) in [4.78, 5) is 16.5. The van der Waals surface area contributed by atoms with E-state index in [2.05, 4.69) is 5.16 Å². The largest absolute Gasteiger partial charge is 0.380 e. The molecule has 0 heterocycles. The highest BCUT2D eigenvalue weighted by atomic mass is 35.5. The Bertz CT molecular complexity index is 634. The molecule has 0 fully saturated rings. The van der Waals surface area contributed by atoms with Crippen LogP contribution in [0.25, 0.3) is 0 Å². The molecule has 0 aliphatic heterocycles. The lowest BCUT2D eigenvalue weighted by Gasteiger charge is -2.02. The summed E-state index contributed by atoms with van der Waals surface area (Å²) in [5, 5.41) is 4.18. The highest BCUT2D eigenvalue weighted by molar-refractivity contribution is 6.30. The van der Waals surface area contributed by atoms with Crippen LogP contribution in [0.1, 0.15) is 21.5 Å². The van der Waals surface area contributed by atoms with Crippen molar-refractivity contribution in [3.05, 3.63) is 70.2 Å². The zero-order chi connectivity index (χ0) is 14.5. The first-order chi connectivity index (χ1) is 9.56. The van der Waals surface area contributed by atoms with Gasteiger partial charge in [-0.3, -0.25) is 0 Å². The fraction of sp³-hybridized carbons (Fsp3) is 0.0667. The van der Waals surface area contributed by atoms with E-state index in [4.69, 9.17) is 22.2 Å². The van der Waals surface area contributed by atoms with Gasteiger partial charge in [0.1, 0.15) is 0 Å². The molecule has 0 saturated heterocycles. The minimum Gasteiger partial charge on any atom is -0.380 e. The number of amidine groups is 1. The van der Waals surface area contributed by atoms with Crippen molar-refractivity contribution in [3.8, 4) is 0 Å². The number of halogens is 1. The normalized spacial score (nSPS) is 11.2. The summed E-state index contributed by atoms with van der Waals surface area (Å²) in [6.07, 6.45) is 0. The molecule has 20 heavy (non-hydrogen) atoms. The Morgan fingerprint density at radius 3 is 2.20 bits per heavy atom. The number of hydrogen-bond acceptors (Lipinski definition) is 3. The van der Waals surface area contributed by atoms with Gasteiger partial charge in [0.25, 0.3) is 0 Å². The average molecular weight is 289 g/mol. The van der Waals surface area contributed by atoms with Crippen molar-refractivity contribution >= 4 is 23.4 Å². The first kappa shape index (κ1) is 14.1. The van der Waals surface area contributed by atoms with Crippen LogP contribution in [-0.2, 0) is 4.84 Å². The fourth-order valence-corrected chi connectivity index (χ4v) is 1.63. The Hall–Kier alpha value is -2.33. The van der Waals surface area contributed by atoms with Crippen molar-refractivity contribution in [2.75, 3.05) is 0 Å². The van der Waals surface area contributed by atoms with Gasteiger partial charge >= 0.3 is 5.97 Å². The second-order valence-corrected chi connectivity index (χ2v) is 4.66. The lowest BCUT2D eigenvalue weighted by atomic mass is 10.1. The Morgan fingerprint density at radius 2 is 1.60 bits per heavy atom. The van der Waals surface area contributed by atoms with E-state index in [-0.39, 0.29) is 5.84 Å². The maximum atomic E-state index is 11.7. The van der Waals surface area contributed by atoms with E-state index in [0.717, 1.165) is 5.56 Å². The predicted molar refractivity (Wildman–Crippen MR) is 78.8 cm³/mol. The average Bonchev–Trinajstić information content (AvgIpc) is 2.46. The van der Waals surface area contributed by atoms with Crippen LogP contribution in [0.4, 0.5) is 0 Å². The minimum atomic E-state index is -0.586. The fourth-order valence-electron chi connectivity index (χ4n) is 1.51. The number of nitrogens with two attached hydrogens (primary N) is 1. The molecule has 0 saturated carbocycles. The summed E-state index contributed by atoms with van der Waals surface area (Å²) in [7, 11) is 0. The number of oxime groups is 1. The molecule has 4 nitrogen and oxygen atoms in total. The summed E-state index contributed by atoms with van der Waals surface area (Å²) in [5.74, 6) is -0.441. The number of hydrogen-bond donors (Lipinski definition) is 1. The smallest absolute Gasteiger partial charge is 0.365 e. The summed E-state index contributed by atoms with van der Waals surface area (Å²) in [6.45, 7) is 1.97. The molecule has 2 aromatic rings. The topological polar surface area (TPSA) is 64.7 Å². The summed E-state index contributed by atoms with van der Waals surface area (Å²) >= 11 is 5.74.